The van der Waals surface area contributed by atoms with Crippen molar-refractivity contribution in [3.63, 3.8) is 0 Å². The number of hydrogen-bond acceptors (Lipinski definition) is 6. The van der Waals surface area contributed by atoms with E-state index in [2.05, 4.69) is 25.4 Å². The summed E-state index contributed by atoms with van der Waals surface area (Å²) in [6.45, 7) is 1.46. The number of aromatic nitrogens is 7. The molecular formula is C21H18FN7O. The van der Waals surface area contributed by atoms with Gasteiger partial charge in [-0.3, -0.25) is 9.67 Å². The van der Waals surface area contributed by atoms with Crippen molar-refractivity contribution in [2.75, 3.05) is 7.11 Å². The fourth-order valence-electron chi connectivity index (χ4n) is 3.43. The van der Waals surface area contributed by atoms with Crippen LogP contribution in [0.5, 0.6) is 5.75 Å². The van der Waals surface area contributed by atoms with Gasteiger partial charge in [0.2, 0.25) is 0 Å². The van der Waals surface area contributed by atoms with Crippen molar-refractivity contribution in [2.45, 2.75) is 12.6 Å². The van der Waals surface area contributed by atoms with Crippen LogP contribution in [-0.2, 0) is 12.7 Å². The number of ether oxygens (including phenoxy) is 1. The van der Waals surface area contributed by atoms with E-state index in [-0.39, 0.29) is 5.82 Å². The minimum Gasteiger partial charge on any atom is -0.495 e. The monoisotopic (exact) mass is 403 g/mol. The number of fused-ring (bicyclic) bond motifs is 2. The molecule has 5 aromatic rings. The largest absolute Gasteiger partial charge is 0.495 e. The van der Waals surface area contributed by atoms with Crippen molar-refractivity contribution in [3.8, 4) is 17.0 Å². The number of rotatable bonds is 4. The number of pyridine rings is 1. The van der Waals surface area contributed by atoms with Gasteiger partial charge in [0.05, 0.1) is 30.7 Å². The van der Waals surface area contributed by atoms with Gasteiger partial charge in [-0.1, -0.05) is 6.07 Å². The number of methoxy groups -OCH3 is 1. The summed E-state index contributed by atoms with van der Waals surface area (Å²) in [6.07, 6.45) is 5.18. The Bertz CT molecular complexity index is 1390. The molecule has 0 aliphatic carbocycles. The van der Waals surface area contributed by atoms with Crippen LogP contribution in [-0.4, -0.2) is 41.7 Å². The van der Waals surface area contributed by atoms with Crippen LogP contribution in [0.3, 0.4) is 0 Å². The minimum atomic E-state index is -1.93. The van der Waals surface area contributed by atoms with E-state index in [1.165, 1.54) is 11.4 Å². The van der Waals surface area contributed by atoms with Crippen molar-refractivity contribution >= 4 is 16.6 Å². The van der Waals surface area contributed by atoms with E-state index in [1.54, 1.807) is 48.5 Å². The van der Waals surface area contributed by atoms with Crippen molar-refractivity contribution < 1.29 is 9.13 Å². The number of aryl methyl sites for hydroxylation is 1. The highest BCUT2D eigenvalue weighted by Gasteiger charge is 2.35. The maximum Gasteiger partial charge on any atom is 0.196 e. The maximum atomic E-state index is 16.1. The molecule has 0 saturated heterocycles. The number of alkyl halides is 1. The van der Waals surface area contributed by atoms with Crippen LogP contribution in [0.2, 0.25) is 0 Å². The zero-order valence-electron chi connectivity index (χ0n) is 16.6. The van der Waals surface area contributed by atoms with E-state index in [0.29, 0.717) is 22.7 Å². The quantitative estimate of drug-likeness (QED) is 0.458. The van der Waals surface area contributed by atoms with Crippen LogP contribution >= 0.6 is 0 Å². The number of halogens is 1. The molecule has 0 N–H and O–H groups in total. The molecule has 0 bridgehead atoms. The number of hydrogen-bond donors (Lipinski definition) is 0. The summed E-state index contributed by atoms with van der Waals surface area (Å²) in [5.41, 5.74) is 1.18. The molecule has 30 heavy (non-hydrogen) atoms. The Kier molecular flexibility index (Phi) is 3.99. The highest BCUT2D eigenvalue weighted by molar-refractivity contribution is 5.80. The summed E-state index contributed by atoms with van der Waals surface area (Å²) in [7, 11) is 3.40. The molecule has 5 rings (SSSR count). The zero-order valence-corrected chi connectivity index (χ0v) is 16.6. The molecular weight excluding hydrogens is 385 g/mol. The van der Waals surface area contributed by atoms with Gasteiger partial charge in [-0.25, -0.2) is 4.39 Å². The third-order valence-corrected chi connectivity index (χ3v) is 5.12. The van der Waals surface area contributed by atoms with Gasteiger partial charge in [0.25, 0.3) is 0 Å². The predicted octanol–water partition coefficient (Wildman–Crippen LogP) is 3.31. The molecule has 0 aliphatic rings. The summed E-state index contributed by atoms with van der Waals surface area (Å²) in [5.74, 6) is 0.703. The van der Waals surface area contributed by atoms with Crippen LogP contribution in [0.15, 0.2) is 55.0 Å². The van der Waals surface area contributed by atoms with Crippen LogP contribution in [0.1, 0.15) is 18.3 Å². The summed E-state index contributed by atoms with van der Waals surface area (Å²) < 4.78 is 24.5. The third kappa shape index (κ3) is 2.86. The van der Waals surface area contributed by atoms with Gasteiger partial charge in [0, 0.05) is 24.2 Å². The Balaban J connectivity index is 1.63. The maximum absolute atomic E-state index is 16.1. The molecule has 0 amide bonds. The van der Waals surface area contributed by atoms with E-state index >= 15 is 4.39 Å². The van der Waals surface area contributed by atoms with Crippen molar-refractivity contribution in [1.82, 2.24) is 34.6 Å². The van der Waals surface area contributed by atoms with Crippen LogP contribution in [0, 0.1) is 0 Å². The zero-order chi connectivity index (χ0) is 20.9. The van der Waals surface area contributed by atoms with Crippen molar-refractivity contribution in [2.24, 2.45) is 7.05 Å². The van der Waals surface area contributed by atoms with Gasteiger partial charge >= 0.3 is 0 Å². The molecule has 4 heterocycles. The molecule has 1 unspecified atom stereocenters. The summed E-state index contributed by atoms with van der Waals surface area (Å²) >= 11 is 0. The van der Waals surface area contributed by atoms with E-state index in [0.717, 1.165) is 16.5 Å². The third-order valence-electron chi connectivity index (χ3n) is 5.12. The SMILES string of the molecule is COc1cnc2ccc(C(C)(F)c3nnc4ccc(-c5cnn(C)c5)nn34)cc2c1. The van der Waals surface area contributed by atoms with E-state index in [9.17, 15) is 0 Å². The number of nitrogens with zero attached hydrogens (tertiary/aromatic N) is 7. The summed E-state index contributed by atoms with van der Waals surface area (Å²) in [5, 5.41) is 17.7. The van der Waals surface area contributed by atoms with Gasteiger partial charge in [-0.15, -0.1) is 10.2 Å². The Morgan fingerprint density at radius 2 is 1.93 bits per heavy atom. The smallest absolute Gasteiger partial charge is 0.196 e. The highest BCUT2D eigenvalue weighted by Crippen LogP contribution is 2.34. The van der Waals surface area contributed by atoms with Gasteiger partial charge in [-0.05, 0) is 42.8 Å². The predicted molar refractivity (Wildman–Crippen MR) is 109 cm³/mol. The second kappa shape index (κ2) is 6.58. The lowest BCUT2D eigenvalue weighted by atomic mass is 9.95. The van der Waals surface area contributed by atoms with Gasteiger partial charge in [-0.2, -0.15) is 14.7 Å². The van der Waals surface area contributed by atoms with E-state index in [4.69, 9.17) is 4.74 Å². The van der Waals surface area contributed by atoms with Crippen molar-refractivity contribution in [3.05, 3.63) is 66.4 Å². The highest BCUT2D eigenvalue weighted by atomic mass is 19.1. The molecule has 0 spiro atoms. The lowest BCUT2D eigenvalue weighted by molar-refractivity contribution is 0.232. The molecule has 0 radical (unpaired) electrons. The molecule has 0 aliphatic heterocycles. The first kappa shape index (κ1) is 18.2. The summed E-state index contributed by atoms with van der Waals surface area (Å²) in [6, 6.07) is 10.6. The van der Waals surface area contributed by atoms with Crippen molar-refractivity contribution in [1.29, 1.82) is 0 Å². The molecule has 150 valence electrons. The lowest BCUT2D eigenvalue weighted by Gasteiger charge is -2.19. The molecule has 4 aromatic heterocycles. The second-order valence-corrected chi connectivity index (χ2v) is 7.20. The topological polar surface area (TPSA) is 83.0 Å². The molecule has 9 heteroatoms. The first-order valence-electron chi connectivity index (χ1n) is 9.31. The fraction of sp³-hybridized carbons (Fsp3) is 0.190. The van der Waals surface area contributed by atoms with Crippen LogP contribution in [0.4, 0.5) is 4.39 Å². The minimum absolute atomic E-state index is 0.0958. The molecule has 0 saturated carbocycles. The van der Waals surface area contributed by atoms with Gasteiger partial charge in [0.1, 0.15) is 5.75 Å². The van der Waals surface area contributed by atoms with Crippen LogP contribution in [0.25, 0.3) is 27.8 Å². The second-order valence-electron chi connectivity index (χ2n) is 7.20. The standard InChI is InChI=1S/C21H18FN7O/c1-21(22,15-4-5-17-13(8-15)9-16(30-3)11-23-17)20-26-25-19-7-6-18(27-29(19)20)14-10-24-28(2)12-14/h4-12H,1-3H3. The lowest BCUT2D eigenvalue weighted by Crippen LogP contribution is -2.22. The van der Waals surface area contributed by atoms with Gasteiger partial charge < -0.3 is 4.74 Å². The summed E-state index contributed by atoms with van der Waals surface area (Å²) in [4.78, 5) is 4.33. The van der Waals surface area contributed by atoms with E-state index in [1.807, 2.05) is 25.4 Å². The van der Waals surface area contributed by atoms with Crippen LogP contribution < -0.4 is 4.74 Å². The fourth-order valence-corrected chi connectivity index (χ4v) is 3.43. The first-order valence-corrected chi connectivity index (χ1v) is 9.31. The molecule has 8 nitrogen and oxygen atoms in total. The average molecular weight is 403 g/mol. The van der Waals surface area contributed by atoms with Gasteiger partial charge in [0.15, 0.2) is 17.1 Å². The first-order chi connectivity index (χ1) is 14.5. The Hall–Kier alpha value is -3.88. The van der Waals surface area contributed by atoms with E-state index < -0.39 is 5.67 Å². The Morgan fingerprint density at radius 3 is 2.70 bits per heavy atom. The average Bonchev–Trinajstić information content (AvgIpc) is 3.38. The molecule has 0 fully saturated rings. The normalized spacial score (nSPS) is 13.6. The number of benzene rings is 1. The Morgan fingerprint density at radius 1 is 1.07 bits per heavy atom. The Labute approximate surface area is 171 Å². The molecule has 1 aromatic carbocycles. The molecule has 1 atom stereocenters.